The zero-order valence-electron chi connectivity index (χ0n) is 10.9. The number of thioether (sulfide) groups is 1. The Hall–Kier alpha value is -2.34. The first-order valence-electron chi connectivity index (χ1n) is 6.55. The summed E-state index contributed by atoms with van der Waals surface area (Å²) in [4.78, 5) is 12.4. The molecule has 0 fully saturated rings. The van der Waals surface area contributed by atoms with Crippen LogP contribution in [0.15, 0.2) is 47.5 Å². The van der Waals surface area contributed by atoms with Gasteiger partial charge in [-0.1, -0.05) is 18.2 Å². The highest BCUT2D eigenvalue weighted by Gasteiger charge is 2.27. The van der Waals surface area contributed by atoms with Crippen LogP contribution in [0, 0.1) is 0 Å². The SMILES string of the molecule is O=C(O)c1ccc2nnc(C3Cc4ccccc4S3)n2c1. The second-order valence-electron chi connectivity index (χ2n) is 4.93. The molecular weight excluding hydrogens is 286 g/mol. The number of carboxylic acids is 1. The molecule has 0 aliphatic carbocycles. The normalized spacial score (nSPS) is 17.0. The maximum atomic E-state index is 11.1. The predicted molar refractivity (Wildman–Crippen MR) is 78.7 cm³/mol. The molecule has 4 rings (SSSR count). The minimum absolute atomic E-state index is 0.168. The molecule has 2 aromatic heterocycles. The highest BCUT2D eigenvalue weighted by atomic mass is 32.2. The van der Waals surface area contributed by atoms with Crippen molar-refractivity contribution in [3.05, 3.63) is 59.5 Å². The zero-order chi connectivity index (χ0) is 14.4. The smallest absolute Gasteiger partial charge is 0.337 e. The van der Waals surface area contributed by atoms with E-state index in [4.69, 9.17) is 5.11 Å². The molecule has 3 aromatic rings. The molecule has 0 saturated carbocycles. The third kappa shape index (κ3) is 1.99. The van der Waals surface area contributed by atoms with Gasteiger partial charge in [-0.05, 0) is 30.2 Å². The molecule has 0 saturated heterocycles. The average Bonchev–Trinajstić information content (AvgIpc) is 3.09. The standard InChI is InChI=1S/C15H11N3O2S/c19-15(20)10-5-6-13-16-17-14(18(13)8-10)12-7-9-3-1-2-4-11(9)21-12/h1-6,8,12H,7H2,(H,19,20). The minimum atomic E-state index is -0.945. The van der Waals surface area contributed by atoms with E-state index in [0.717, 1.165) is 12.2 Å². The third-order valence-corrected chi connectivity index (χ3v) is 4.92. The Morgan fingerprint density at radius 3 is 2.90 bits per heavy atom. The maximum absolute atomic E-state index is 11.1. The Labute approximate surface area is 124 Å². The molecule has 0 bridgehead atoms. The molecule has 6 heteroatoms. The number of carbonyl (C=O) groups is 1. The summed E-state index contributed by atoms with van der Waals surface area (Å²) in [7, 11) is 0. The van der Waals surface area contributed by atoms with Crippen LogP contribution in [0.25, 0.3) is 5.65 Å². The summed E-state index contributed by atoms with van der Waals surface area (Å²) in [6.45, 7) is 0. The van der Waals surface area contributed by atoms with Gasteiger partial charge >= 0.3 is 5.97 Å². The molecule has 1 aromatic carbocycles. The lowest BCUT2D eigenvalue weighted by Gasteiger charge is -2.06. The fraction of sp³-hybridized carbons (Fsp3) is 0.133. The maximum Gasteiger partial charge on any atom is 0.337 e. The molecule has 0 amide bonds. The summed E-state index contributed by atoms with van der Waals surface area (Å²) in [6.07, 6.45) is 2.48. The van der Waals surface area contributed by atoms with Crippen molar-refractivity contribution >= 4 is 23.4 Å². The number of fused-ring (bicyclic) bond motifs is 2. The van der Waals surface area contributed by atoms with Gasteiger partial charge in [-0.3, -0.25) is 4.40 Å². The number of pyridine rings is 1. The highest BCUT2D eigenvalue weighted by molar-refractivity contribution is 7.99. The molecule has 1 atom stereocenters. The third-order valence-electron chi connectivity index (χ3n) is 3.61. The van der Waals surface area contributed by atoms with Crippen molar-refractivity contribution in [3.8, 4) is 0 Å². The first kappa shape index (κ1) is 12.4. The van der Waals surface area contributed by atoms with Crippen molar-refractivity contribution in [2.75, 3.05) is 0 Å². The van der Waals surface area contributed by atoms with Gasteiger partial charge in [-0.2, -0.15) is 0 Å². The van der Waals surface area contributed by atoms with E-state index in [-0.39, 0.29) is 10.8 Å². The van der Waals surface area contributed by atoms with Crippen LogP contribution in [0.3, 0.4) is 0 Å². The number of carboxylic acid groups (broad SMARTS) is 1. The minimum Gasteiger partial charge on any atom is -0.478 e. The van der Waals surface area contributed by atoms with E-state index in [1.165, 1.54) is 10.5 Å². The van der Waals surface area contributed by atoms with Crippen LogP contribution in [0.4, 0.5) is 0 Å². The number of aromatic nitrogens is 3. The van der Waals surface area contributed by atoms with Crippen LogP contribution in [0.5, 0.6) is 0 Å². The summed E-state index contributed by atoms with van der Waals surface area (Å²) in [5, 5.41) is 17.7. The van der Waals surface area contributed by atoms with Crippen LogP contribution in [-0.2, 0) is 6.42 Å². The number of hydrogen-bond acceptors (Lipinski definition) is 4. The molecule has 1 aliphatic rings. The second kappa shape index (κ2) is 4.60. The van der Waals surface area contributed by atoms with Gasteiger partial charge in [0.05, 0.1) is 10.8 Å². The van der Waals surface area contributed by atoms with E-state index in [2.05, 4.69) is 22.3 Å². The van der Waals surface area contributed by atoms with Gasteiger partial charge in [0.1, 0.15) is 0 Å². The summed E-state index contributed by atoms with van der Waals surface area (Å²) >= 11 is 1.75. The molecule has 21 heavy (non-hydrogen) atoms. The zero-order valence-corrected chi connectivity index (χ0v) is 11.7. The molecular formula is C15H11N3O2S. The van der Waals surface area contributed by atoms with Gasteiger partial charge in [0.15, 0.2) is 11.5 Å². The average molecular weight is 297 g/mol. The van der Waals surface area contributed by atoms with Crippen LogP contribution < -0.4 is 0 Å². The fourth-order valence-corrected chi connectivity index (χ4v) is 3.88. The van der Waals surface area contributed by atoms with Crippen molar-refractivity contribution in [3.63, 3.8) is 0 Å². The predicted octanol–water partition coefficient (Wildman–Crippen LogP) is 2.82. The van der Waals surface area contributed by atoms with Crippen LogP contribution in [-0.4, -0.2) is 25.7 Å². The summed E-state index contributed by atoms with van der Waals surface area (Å²) in [5.74, 6) is -0.145. The molecule has 1 aliphatic heterocycles. The Morgan fingerprint density at radius 2 is 2.10 bits per heavy atom. The molecule has 5 nitrogen and oxygen atoms in total. The molecule has 1 unspecified atom stereocenters. The Bertz CT molecular complexity index is 834. The topological polar surface area (TPSA) is 67.5 Å². The summed E-state index contributed by atoms with van der Waals surface area (Å²) in [6, 6.07) is 11.5. The largest absolute Gasteiger partial charge is 0.478 e. The van der Waals surface area contributed by atoms with E-state index in [1.807, 2.05) is 12.1 Å². The first-order chi connectivity index (χ1) is 10.2. The van der Waals surface area contributed by atoms with Gasteiger partial charge in [0.2, 0.25) is 0 Å². The van der Waals surface area contributed by atoms with E-state index in [0.29, 0.717) is 5.65 Å². The molecule has 3 heterocycles. The monoisotopic (exact) mass is 297 g/mol. The van der Waals surface area contributed by atoms with Gasteiger partial charge in [-0.15, -0.1) is 22.0 Å². The van der Waals surface area contributed by atoms with Gasteiger partial charge in [0.25, 0.3) is 0 Å². The second-order valence-corrected chi connectivity index (χ2v) is 6.17. The lowest BCUT2D eigenvalue weighted by atomic mass is 10.1. The Balaban J connectivity index is 1.78. The molecule has 1 N–H and O–H groups in total. The van der Waals surface area contributed by atoms with Crippen LogP contribution in [0.2, 0.25) is 0 Å². The Kier molecular flexibility index (Phi) is 2.71. The molecule has 104 valence electrons. The highest BCUT2D eigenvalue weighted by Crippen LogP contribution is 2.45. The lowest BCUT2D eigenvalue weighted by Crippen LogP contribution is -2.03. The molecule has 0 spiro atoms. The van der Waals surface area contributed by atoms with Crippen molar-refractivity contribution in [2.24, 2.45) is 0 Å². The van der Waals surface area contributed by atoms with Crippen molar-refractivity contribution in [1.29, 1.82) is 0 Å². The number of nitrogens with zero attached hydrogens (tertiary/aromatic N) is 3. The van der Waals surface area contributed by atoms with Gasteiger partial charge in [-0.25, -0.2) is 4.79 Å². The number of benzene rings is 1. The van der Waals surface area contributed by atoms with E-state index < -0.39 is 5.97 Å². The van der Waals surface area contributed by atoms with Gasteiger partial charge < -0.3 is 5.11 Å². The number of aromatic carboxylic acids is 1. The summed E-state index contributed by atoms with van der Waals surface area (Å²) < 4.78 is 1.78. The van der Waals surface area contributed by atoms with E-state index >= 15 is 0 Å². The van der Waals surface area contributed by atoms with Crippen molar-refractivity contribution < 1.29 is 9.90 Å². The quantitative estimate of drug-likeness (QED) is 0.788. The van der Waals surface area contributed by atoms with E-state index in [9.17, 15) is 4.79 Å². The van der Waals surface area contributed by atoms with E-state index in [1.54, 1.807) is 34.5 Å². The Morgan fingerprint density at radius 1 is 1.24 bits per heavy atom. The fourth-order valence-electron chi connectivity index (χ4n) is 2.58. The number of rotatable bonds is 2. The van der Waals surface area contributed by atoms with Crippen LogP contribution in [0.1, 0.15) is 27.0 Å². The first-order valence-corrected chi connectivity index (χ1v) is 7.43. The lowest BCUT2D eigenvalue weighted by molar-refractivity contribution is 0.0696. The van der Waals surface area contributed by atoms with Crippen molar-refractivity contribution in [1.82, 2.24) is 14.6 Å². The summed E-state index contributed by atoms with van der Waals surface area (Å²) in [5.41, 5.74) is 2.22. The van der Waals surface area contributed by atoms with Crippen LogP contribution >= 0.6 is 11.8 Å². The number of hydrogen-bond donors (Lipinski definition) is 1. The molecule has 0 radical (unpaired) electrons. The van der Waals surface area contributed by atoms with Gasteiger partial charge in [0, 0.05) is 11.1 Å². The van der Waals surface area contributed by atoms with Crippen molar-refractivity contribution in [2.45, 2.75) is 16.6 Å².